The zero-order valence-electron chi connectivity index (χ0n) is 12.0. The van der Waals surface area contributed by atoms with Crippen LogP contribution in [0.4, 0.5) is 5.69 Å². The van der Waals surface area contributed by atoms with Crippen LogP contribution in [0.3, 0.4) is 0 Å². The van der Waals surface area contributed by atoms with Crippen LogP contribution in [0.2, 0.25) is 0 Å². The van der Waals surface area contributed by atoms with E-state index in [1.807, 2.05) is 29.2 Å². The average Bonchev–Trinajstić information content (AvgIpc) is 3.01. The summed E-state index contributed by atoms with van der Waals surface area (Å²) in [5, 5.41) is 0. The third-order valence-corrected chi connectivity index (χ3v) is 4.44. The van der Waals surface area contributed by atoms with Gasteiger partial charge in [0.05, 0.1) is 7.11 Å². The van der Waals surface area contributed by atoms with Crippen molar-refractivity contribution >= 4 is 11.6 Å². The number of carbonyl (C=O) groups excluding carboxylic acids is 1. The Hall–Kier alpha value is -1.55. The van der Waals surface area contributed by atoms with E-state index in [0.29, 0.717) is 12.5 Å². The van der Waals surface area contributed by atoms with Gasteiger partial charge in [-0.25, -0.2) is 0 Å². The molecule has 3 rings (SSSR count). The number of rotatable bonds is 3. The summed E-state index contributed by atoms with van der Waals surface area (Å²) in [6, 6.07) is 8.21. The van der Waals surface area contributed by atoms with Gasteiger partial charge in [-0.2, -0.15) is 0 Å². The minimum absolute atomic E-state index is 0.248. The fourth-order valence-corrected chi connectivity index (χ4v) is 3.27. The summed E-state index contributed by atoms with van der Waals surface area (Å²) in [5.41, 5.74) is 0.982. The predicted molar refractivity (Wildman–Crippen MR) is 79.2 cm³/mol. The Labute approximate surface area is 120 Å². The molecule has 2 saturated heterocycles. The minimum atomic E-state index is 0.248. The molecular weight excluding hydrogens is 252 g/mol. The highest BCUT2D eigenvalue weighted by Crippen LogP contribution is 2.27. The van der Waals surface area contributed by atoms with Gasteiger partial charge >= 0.3 is 0 Å². The lowest BCUT2D eigenvalue weighted by Crippen LogP contribution is -2.47. The Balaban J connectivity index is 1.65. The first-order valence-electron chi connectivity index (χ1n) is 7.46. The Morgan fingerprint density at radius 3 is 2.40 bits per heavy atom. The number of methoxy groups -OCH3 is 1. The Morgan fingerprint density at radius 2 is 1.80 bits per heavy atom. The molecule has 4 nitrogen and oxygen atoms in total. The number of ether oxygens (including phenoxy) is 1. The lowest BCUT2D eigenvalue weighted by atomic mass is 10.0. The van der Waals surface area contributed by atoms with E-state index < -0.39 is 0 Å². The molecule has 1 atom stereocenters. The van der Waals surface area contributed by atoms with E-state index in [0.717, 1.165) is 24.4 Å². The van der Waals surface area contributed by atoms with E-state index in [9.17, 15) is 4.79 Å². The molecule has 1 amide bonds. The van der Waals surface area contributed by atoms with Crippen molar-refractivity contribution in [3.63, 3.8) is 0 Å². The van der Waals surface area contributed by atoms with Crippen LogP contribution in [0.5, 0.6) is 5.75 Å². The molecule has 0 spiro atoms. The smallest absolute Gasteiger partial charge is 0.228 e. The van der Waals surface area contributed by atoms with Gasteiger partial charge < -0.3 is 9.64 Å². The minimum Gasteiger partial charge on any atom is -0.497 e. The summed E-state index contributed by atoms with van der Waals surface area (Å²) in [6.07, 6.45) is 4.31. The summed E-state index contributed by atoms with van der Waals surface area (Å²) in [4.78, 5) is 16.8. The van der Waals surface area contributed by atoms with Crippen LogP contribution in [0, 0.1) is 0 Å². The highest BCUT2D eigenvalue weighted by Gasteiger charge is 2.31. The molecule has 20 heavy (non-hydrogen) atoms. The highest BCUT2D eigenvalue weighted by molar-refractivity contribution is 5.94. The number of carbonyl (C=O) groups is 1. The van der Waals surface area contributed by atoms with Gasteiger partial charge in [0.1, 0.15) is 5.75 Å². The first kappa shape index (κ1) is 13.4. The second-order valence-electron chi connectivity index (χ2n) is 5.63. The molecule has 108 valence electrons. The summed E-state index contributed by atoms with van der Waals surface area (Å²) >= 11 is 0. The first-order valence-corrected chi connectivity index (χ1v) is 7.46. The summed E-state index contributed by atoms with van der Waals surface area (Å²) < 4.78 is 5.16. The van der Waals surface area contributed by atoms with Crippen LogP contribution in [0.15, 0.2) is 24.3 Å². The number of likely N-dealkylation sites (tertiary alicyclic amines) is 1. The zero-order chi connectivity index (χ0) is 13.9. The molecule has 2 aliphatic heterocycles. The van der Waals surface area contributed by atoms with E-state index in [1.165, 1.54) is 25.9 Å². The quantitative estimate of drug-likeness (QED) is 0.848. The number of nitrogens with zero attached hydrogens (tertiary/aromatic N) is 2. The predicted octanol–water partition coefficient (Wildman–Crippen LogP) is 2.29. The molecule has 0 aromatic heterocycles. The molecular formula is C16H22N2O2. The van der Waals surface area contributed by atoms with E-state index in [1.54, 1.807) is 7.11 Å². The molecule has 4 heteroatoms. The van der Waals surface area contributed by atoms with Crippen LogP contribution in [-0.2, 0) is 4.79 Å². The van der Waals surface area contributed by atoms with Gasteiger partial charge in [0.15, 0.2) is 0 Å². The fraction of sp³-hybridized carbons (Fsp3) is 0.562. The maximum absolute atomic E-state index is 12.4. The fourth-order valence-electron chi connectivity index (χ4n) is 3.27. The topological polar surface area (TPSA) is 32.8 Å². The van der Waals surface area contributed by atoms with Crippen LogP contribution < -0.4 is 9.64 Å². The number of amides is 1. The molecule has 2 aliphatic rings. The van der Waals surface area contributed by atoms with Crippen molar-refractivity contribution in [2.75, 3.05) is 31.6 Å². The second-order valence-corrected chi connectivity index (χ2v) is 5.63. The van der Waals surface area contributed by atoms with Crippen molar-refractivity contribution in [1.82, 2.24) is 4.90 Å². The largest absolute Gasteiger partial charge is 0.497 e. The molecule has 0 radical (unpaired) electrons. The summed E-state index contributed by atoms with van der Waals surface area (Å²) in [5.74, 6) is 1.08. The van der Waals surface area contributed by atoms with Gasteiger partial charge in [-0.3, -0.25) is 9.69 Å². The molecule has 0 aliphatic carbocycles. The van der Waals surface area contributed by atoms with Gasteiger partial charge in [0.25, 0.3) is 0 Å². The van der Waals surface area contributed by atoms with Gasteiger partial charge in [0, 0.05) is 24.7 Å². The number of benzene rings is 1. The van der Waals surface area contributed by atoms with Crippen LogP contribution in [-0.4, -0.2) is 43.6 Å². The van der Waals surface area contributed by atoms with Crippen LogP contribution >= 0.6 is 0 Å². The maximum Gasteiger partial charge on any atom is 0.228 e. The number of hydrogen-bond donors (Lipinski definition) is 0. The molecule has 1 aromatic carbocycles. The van der Waals surface area contributed by atoms with Crippen LogP contribution in [0.25, 0.3) is 0 Å². The van der Waals surface area contributed by atoms with E-state index >= 15 is 0 Å². The van der Waals surface area contributed by atoms with Crippen molar-refractivity contribution in [2.45, 2.75) is 31.7 Å². The summed E-state index contributed by atoms with van der Waals surface area (Å²) in [6.45, 7) is 3.16. The number of piperidine rings is 1. The van der Waals surface area contributed by atoms with E-state index in [-0.39, 0.29) is 5.91 Å². The molecule has 2 heterocycles. The molecule has 0 N–H and O–H groups in total. The Bertz CT molecular complexity index is 466. The van der Waals surface area contributed by atoms with Gasteiger partial charge in [-0.15, -0.1) is 0 Å². The van der Waals surface area contributed by atoms with Gasteiger partial charge in [-0.1, -0.05) is 0 Å². The van der Waals surface area contributed by atoms with Gasteiger partial charge in [0.2, 0.25) is 5.91 Å². The van der Waals surface area contributed by atoms with Crippen molar-refractivity contribution in [3.8, 4) is 5.75 Å². The molecule has 1 unspecified atom stereocenters. The standard InChI is InChI=1S/C16H22N2O2/c1-20-15-6-4-13(5-7-15)18-11-8-14(12-16(18)19)17-9-2-3-10-17/h4-7,14H,2-3,8-12H2,1H3. The second kappa shape index (κ2) is 5.83. The molecule has 2 fully saturated rings. The SMILES string of the molecule is COc1ccc(N2CCC(N3CCCC3)CC2=O)cc1. The van der Waals surface area contributed by atoms with E-state index in [4.69, 9.17) is 4.74 Å². The van der Waals surface area contributed by atoms with Crippen molar-refractivity contribution in [3.05, 3.63) is 24.3 Å². The monoisotopic (exact) mass is 274 g/mol. The lowest BCUT2D eigenvalue weighted by Gasteiger charge is -2.36. The van der Waals surface area contributed by atoms with Crippen molar-refractivity contribution < 1.29 is 9.53 Å². The summed E-state index contributed by atoms with van der Waals surface area (Å²) in [7, 11) is 1.65. The molecule has 1 aromatic rings. The normalized spacial score (nSPS) is 24.1. The molecule has 0 bridgehead atoms. The number of hydrogen-bond acceptors (Lipinski definition) is 3. The third kappa shape index (κ3) is 2.66. The highest BCUT2D eigenvalue weighted by atomic mass is 16.5. The van der Waals surface area contributed by atoms with Crippen LogP contribution in [0.1, 0.15) is 25.7 Å². The average molecular weight is 274 g/mol. The zero-order valence-corrected chi connectivity index (χ0v) is 12.0. The number of anilines is 1. The van der Waals surface area contributed by atoms with Gasteiger partial charge in [-0.05, 0) is 56.6 Å². The van der Waals surface area contributed by atoms with Crippen molar-refractivity contribution in [2.24, 2.45) is 0 Å². The third-order valence-electron chi connectivity index (χ3n) is 4.44. The first-order chi connectivity index (χ1) is 9.78. The Morgan fingerprint density at radius 1 is 1.10 bits per heavy atom. The lowest BCUT2D eigenvalue weighted by molar-refractivity contribution is -0.121. The maximum atomic E-state index is 12.4. The van der Waals surface area contributed by atoms with E-state index in [2.05, 4.69) is 4.90 Å². The van der Waals surface area contributed by atoms with Crippen molar-refractivity contribution in [1.29, 1.82) is 0 Å². The molecule has 0 saturated carbocycles. The Kier molecular flexibility index (Phi) is 3.92.